The number of para-hydroxylation sites is 2. The first kappa shape index (κ1) is 18.5. The quantitative estimate of drug-likeness (QED) is 0.466. The van der Waals surface area contributed by atoms with Crippen molar-refractivity contribution < 1.29 is 14.3 Å². The highest BCUT2D eigenvalue weighted by molar-refractivity contribution is 6.31. The number of nitrogens with one attached hydrogen (secondary N) is 2. The number of amides is 2. The summed E-state index contributed by atoms with van der Waals surface area (Å²) >= 11 is 5.99. The van der Waals surface area contributed by atoms with Crippen molar-refractivity contribution in [1.29, 1.82) is 0 Å². The molecule has 9 nitrogen and oxygen atoms in total. The molecule has 0 aliphatic rings. The van der Waals surface area contributed by atoms with Crippen LogP contribution >= 0.6 is 11.6 Å². The van der Waals surface area contributed by atoms with Crippen molar-refractivity contribution in [1.82, 2.24) is 19.5 Å². The number of rotatable bonds is 5. The van der Waals surface area contributed by atoms with Crippen LogP contribution in [0.1, 0.15) is 21.0 Å². The third-order valence-electron chi connectivity index (χ3n) is 4.23. The van der Waals surface area contributed by atoms with E-state index in [4.69, 9.17) is 22.1 Å². The van der Waals surface area contributed by atoms with Crippen molar-refractivity contribution in [3.05, 3.63) is 65.2 Å². The van der Waals surface area contributed by atoms with E-state index in [0.29, 0.717) is 27.9 Å². The van der Waals surface area contributed by atoms with Crippen LogP contribution in [0.2, 0.25) is 5.02 Å². The molecule has 0 fully saturated rings. The van der Waals surface area contributed by atoms with Crippen LogP contribution in [0.5, 0.6) is 5.75 Å². The fraction of sp³-hybridized carbons (Fsp3) is 0.0526. The van der Waals surface area contributed by atoms with Crippen LogP contribution in [-0.2, 0) is 0 Å². The number of nitrogens with two attached hydrogens (primary N) is 1. The molecular formula is C19H15ClN6O3. The maximum Gasteiger partial charge on any atom is 0.276 e. The Labute approximate surface area is 169 Å². The van der Waals surface area contributed by atoms with Gasteiger partial charge in [-0.05, 0) is 30.3 Å². The van der Waals surface area contributed by atoms with Gasteiger partial charge in [-0.3, -0.25) is 14.2 Å². The molecule has 0 atom stereocenters. The van der Waals surface area contributed by atoms with Crippen LogP contribution in [0.4, 0.5) is 5.69 Å². The predicted molar refractivity (Wildman–Crippen MR) is 108 cm³/mol. The Hall–Kier alpha value is -3.85. The normalized spacial score (nSPS) is 10.8. The summed E-state index contributed by atoms with van der Waals surface area (Å²) in [5.41, 5.74) is 7.07. The molecule has 29 heavy (non-hydrogen) atoms. The first-order valence-electron chi connectivity index (χ1n) is 8.45. The second kappa shape index (κ2) is 7.28. The van der Waals surface area contributed by atoms with Gasteiger partial charge in [-0.2, -0.15) is 0 Å². The number of ether oxygens (including phenoxy) is 1. The van der Waals surface area contributed by atoms with Gasteiger partial charge >= 0.3 is 0 Å². The van der Waals surface area contributed by atoms with Crippen molar-refractivity contribution >= 4 is 40.1 Å². The van der Waals surface area contributed by atoms with E-state index in [1.54, 1.807) is 12.1 Å². The molecule has 0 aliphatic carbocycles. The van der Waals surface area contributed by atoms with Crippen LogP contribution in [0.3, 0.4) is 0 Å². The topological polar surface area (TPSA) is 128 Å². The lowest BCUT2D eigenvalue weighted by molar-refractivity contribution is 0.0970. The highest BCUT2D eigenvalue weighted by atomic mass is 35.5. The summed E-state index contributed by atoms with van der Waals surface area (Å²) in [6.45, 7) is 0. The minimum atomic E-state index is -0.828. The van der Waals surface area contributed by atoms with E-state index in [2.05, 4.69) is 20.3 Å². The largest absolute Gasteiger partial charge is 0.495 e. The van der Waals surface area contributed by atoms with Crippen molar-refractivity contribution in [3.63, 3.8) is 0 Å². The van der Waals surface area contributed by atoms with Gasteiger partial charge in [-0.1, -0.05) is 23.7 Å². The number of H-pyrrole nitrogens is 1. The van der Waals surface area contributed by atoms with Crippen LogP contribution in [0, 0.1) is 0 Å². The number of nitrogens with zero attached hydrogens (tertiary/aromatic N) is 3. The number of primary amides is 1. The second-order valence-corrected chi connectivity index (χ2v) is 6.49. The molecule has 4 rings (SSSR count). The van der Waals surface area contributed by atoms with Gasteiger partial charge in [-0.15, -0.1) is 0 Å². The maximum absolute atomic E-state index is 12.8. The molecule has 2 aromatic heterocycles. The van der Waals surface area contributed by atoms with Crippen LogP contribution in [-0.4, -0.2) is 38.4 Å². The molecule has 2 aromatic carbocycles. The molecule has 0 unspecified atom stereocenters. The lowest BCUT2D eigenvalue weighted by Gasteiger charge is -2.10. The maximum atomic E-state index is 12.8. The van der Waals surface area contributed by atoms with E-state index in [9.17, 15) is 9.59 Å². The second-order valence-electron chi connectivity index (χ2n) is 6.05. The number of fused-ring (bicyclic) bond motifs is 1. The summed E-state index contributed by atoms with van der Waals surface area (Å²) < 4.78 is 6.56. The lowest BCUT2D eigenvalue weighted by atomic mass is 10.2. The average molecular weight is 411 g/mol. The zero-order valence-electron chi connectivity index (χ0n) is 15.1. The monoisotopic (exact) mass is 410 g/mol. The molecule has 2 heterocycles. The van der Waals surface area contributed by atoms with Gasteiger partial charge < -0.3 is 20.8 Å². The molecule has 2 amide bonds. The summed E-state index contributed by atoms with van der Waals surface area (Å²) in [6, 6.07) is 12.1. The molecule has 4 N–H and O–H groups in total. The molecule has 0 radical (unpaired) electrons. The van der Waals surface area contributed by atoms with Gasteiger partial charge in [-0.25, -0.2) is 9.97 Å². The van der Waals surface area contributed by atoms with Gasteiger partial charge in [0.15, 0.2) is 5.69 Å². The lowest BCUT2D eigenvalue weighted by Crippen LogP contribution is -2.23. The summed E-state index contributed by atoms with van der Waals surface area (Å²) in [4.78, 5) is 36.5. The van der Waals surface area contributed by atoms with Crippen molar-refractivity contribution in [2.24, 2.45) is 5.73 Å². The van der Waals surface area contributed by atoms with Crippen molar-refractivity contribution in [3.8, 4) is 11.7 Å². The Balaban J connectivity index is 1.74. The molecular weight excluding hydrogens is 396 g/mol. The number of hydrogen-bond acceptors (Lipinski definition) is 5. The Morgan fingerprint density at radius 3 is 2.76 bits per heavy atom. The van der Waals surface area contributed by atoms with E-state index in [-0.39, 0.29) is 11.4 Å². The van der Waals surface area contributed by atoms with Gasteiger partial charge in [0, 0.05) is 5.02 Å². The minimum Gasteiger partial charge on any atom is -0.495 e. The number of carbonyl (C=O) groups excluding carboxylic acids is 2. The third-order valence-corrected chi connectivity index (χ3v) is 4.47. The molecule has 0 saturated carbocycles. The summed E-state index contributed by atoms with van der Waals surface area (Å²) in [7, 11) is 1.46. The van der Waals surface area contributed by atoms with Crippen LogP contribution < -0.4 is 15.8 Å². The molecule has 0 saturated heterocycles. The van der Waals surface area contributed by atoms with E-state index < -0.39 is 11.8 Å². The van der Waals surface area contributed by atoms with Gasteiger partial charge in [0.1, 0.15) is 17.8 Å². The van der Waals surface area contributed by atoms with E-state index in [0.717, 1.165) is 5.52 Å². The fourth-order valence-corrected chi connectivity index (χ4v) is 3.10. The Morgan fingerprint density at radius 2 is 2.03 bits per heavy atom. The number of methoxy groups -OCH3 is 1. The number of imidazole rings is 2. The first-order valence-corrected chi connectivity index (χ1v) is 8.83. The Kier molecular flexibility index (Phi) is 4.65. The molecule has 0 spiro atoms. The summed E-state index contributed by atoms with van der Waals surface area (Å²) in [5.74, 6) is -0.757. The standard InChI is InChI=1S/C19H15ClN6O3/c1-29-14-7-6-10(20)8-13(14)23-18(28)15-16(17(21)27)26(9-22-15)19-24-11-4-2-3-5-12(11)25-19/h2-9H,1H3,(H2,21,27)(H,23,28)(H,24,25). The van der Waals surface area contributed by atoms with E-state index in [1.165, 1.54) is 24.1 Å². The molecule has 10 heteroatoms. The zero-order chi connectivity index (χ0) is 20.5. The Bertz CT molecular complexity index is 1210. The Morgan fingerprint density at radius 1 is 1.24 bits per heavy atom. The van der Waals surface area contributed by atoms with Crippen molar-refractivity contribution in [2.45, 2.75) is 0 Å². The number of aromatic amines is 1. The number of carbonyl (C=O) groups is 2. The number of anilines is 1. The van der Waals surface area contributed by atoms with Crippen LogP contribution in [0.25, 0.3) is 17.0 Å². The SMILES string of the molecule is COc1ccc(Cl)cc1NC(=O)c1ncn(-c2nc3ccccc3[nH]2)c1C(N)=O. The zero-order valence-corrected chi connectivity index (χ0v) is 15.9. The number of hydrogen-bond donors (Lipinski definition) is 3. The van der Waals surface area contributed by atoms with E-state index >= 15 is 0 Å². The fourth-order valence-electron chi connectivity index (χ4n) is 2.92. The summed E-state index contributed by atoms with van der Waals surface area (Å²) in [6.07, 6.45) is 1.31. The van der Waals surface area contributed by atoms with Gasteiger partial charge in [0.2, 0.25) is 5.95 Å². The van der Waals surface area contributed by atoms with Crippen LogP contribution in [0.15, 0.2) is 48.8 Å². The first-order chi connectivity index (χ1) is 14.0. The third kappa shape index (κ3) is 3.39. The number of halogens is 1. The van der Waals surface area contributed by atoms with Crippen molar-refractivity contribution in [2.75, 3.05) is 12.4 Å². The molecule has 0 aliphatic heterocycles. The minimum absolute atomic E-state index is 0.109. The smallest absolute Gasteiger partial charge is 0.276 e. The molecule has 146 valence electrons. The van der Waals surface area contributed by atoms with Gasteiger partial charge in [0.25, 0.3) is 11.8 Å². The predicted octanol–water partition coefficient (Wildman–Crippen LogP) is 2.76. The average Bonchev–Trinajstić information content (AvgIpc) is 3.32. The summed E-state index contributed by atoms with van der Waals surface area (Å²) in [5, 5.41) is 3.05. The highest BCUT2D eigenvalue weighted by Gasteiger charge is 2.25. The number of benzene rings is 2. The molecule has 0 bridgehead atoms. The highest BCUT2D eigenvalue weighted by Crippen LogP contribution is 2.28. The van der Waals surface area contributed by atoms with E-state index in [1.807, 2.05) is 24.3 Å². The molecule has 4 aromatic rings. The number of aromatic nitrogens is 4. The van der Waals surface area contributed by atoms with Gasteiger partial charge in [0.05, 0.1) is 23.8 Å².